The van der Waals surface area contributed by atoms with Crippen molar-refractivity contribution in [3.05, 3.63) is 59.2 Å². The summed E-state index contributed by atoms with van der Waals surface area (Å²) >= 11 is 0. The first-order chi connectivity index (χ1) is 12.7. The smallest absolute Gasteiger partial charge is 0.251 e. The fraction of sp³-hybridized carbons (Fsp3) is 0.300. The van der Waals surface area contributed by atoms with Crippen LogP contribution in [0.15, 0.2) is 42.5 Å². The van der Waals surface area contributed by atoms with Crippen molar-refractivity contribution >= 4 is 5.91 Å². The fourth-order valence-electron chi connectivity index (χ4n) is 2.30. The van der Waals surface area contributed by atoms with Crippen molar-refractivity contribution in [3.63, 3.8) is 0 Å². The van der Waals surface area contributed by atoms with Crippen LogP contribution in [-0.4, -0.2) is 33.3 Å². The highest BCUT2D eigenvalue weighted by molar-refractivity contribution is 5.94. The summed E-state index contributed by atoms with van der Waals surface area (Å²) in [5.41, 5.74) is 1.99. The maximum Gasteiger partial charge on any atom is 0.251 e. The quantitative estimate of drug-likeness (QED) is 0.700. The van der Waals surface area contributed by atoms with Crippen molar-refractivity contribution in [2.24, 2.45) is 0 Å². The second kappa shape index (κ2) is 10.1. The van der Waals surface area contributed by atoms with Gasteiger partial charge in [-0.05, 0) is 35.9 Å². The van der Waals surface area contributed by atoms with E-state index in [4.69, 9.17) is 19.5 Å². The van der Waals surface area contributed by atoms with Gasteiger partial charge in [0.2, 0.25) is 0 Å². The Kier molecular flexibility index (Phi) is 7.47. The Hall–Kier alpha value is -3.04. The lowest BCUT2D eigenvalue weighted by Crippen LogP contribution is -2.22. The lowest BCUT2D eigenvalue weighted by Gasteiger charge is -2.12. The number of carbonyl (C=O) groups is 1. The molecule has 26 heavy (non-hydrogen) atoms. The molecule has 0 atom stereocenters. The topological polar surface area (TPSA) is 80.6 Å². The average Bonchev–Trinajstić information content (AvgIpc) is 2.69. The van der Waals surface area contributed by atoms with E-state index in [1.54, 1.807) is 44.6 Å². The minimum atomic E-state index is -0.209. The van der Waals surface area contributed by atoms with E-state index < -0.39 is 0 Å². The Morgan fingerprint density at radius 2 is 1.85 bits per heavy atom. The van der Waals surface area contributed by atoms with Crippen LogP contribution >= 0.6 is 0 Å². The van der Waals surface area contributed by atoms with Gasteiger partial charge < -0.3 is 19.5 Å². The van der Waals surface area contributed by atoms with Gasteiger partial charge in [0.1, 0.15) is 0 Å². The zero-order valence-electron chi connectivity index (χ0n) is 15.0. The van der Waals surface area contributed by atoms with E-state index in [9.17, 15) is 4.79 Å². The van der Waals surface area contributed by atoms with Gasteiger partial charge in [-0.3, -0.25) is 4.79 Å². The number of methoxy groups -OCH3 is 2. The summed E-state index contributed by atoms with van der Waals surface area (Å²) in [5.74, 6) is 0.888. The first-order valence-corrected chi connectivity index (χ1v) is 8.25. The van der Waals surface area contributed by atoms with E-state index in [-0.39, 0.29) is 5.91 Å². The molecule has 0 aliphatic heterocycles. The average molecular weight is 354 g/mol. The summed E-state index contributed by atoms with van der Waals surface area (Å²) in [4.78, 5) is 12.4. The largest absolute Gasteiger partial charge is 0.493 e. The molecular weight excluding hydrogens is 332 g/mol. The normalized spacial score (nSPS) is 10.0. The highest BCUT2D eigenvalue weighted by atomic mass is 16.5. The van der Waals surface area contributed by atoms with Gasteiger partial charge >= 0.3 is 0 Å². The number of amides is 1. The van der Waals surface area contributed by atoms with Crippen LogP contribution in [0.3, 0.4) is 0 Å². The first-order valence-electron chi connectivity index (χ1n) is 8.25. The van der Waals surface area contributed by atoms with Crippen LogP contribution in [0.1, 0.15) is 27.9 Å². The first kappa shape index (κ1) is 19.3. The molecule has 6 nitrogen and oxygen atoms in total. The maximum atomic E-state index is 12.4. The van der Waals surface area contributed by atoms with Crippen LogP contribution in [0.25, 0.3) is 0 Å². The van der Waals surface area contributed by atoms with Crippen LogP contribution in [0.4, 0.5) is 0 Å². The maximum absolute atomic E-state index is 12.4. The number of carbonyl (C=O) groups excluding carboxylic acids is 1. The lowest BCUT2D eigenvalue weighted by atomic mass is 10.1. The molecule has 0 radical (unpaired) electrons. The van der Waals surface area contributed by atoms with Gasteiger partial charge in [-0.1, -0.05) is 12.1 Å². The molecule has 1 N–H and O–H groups in total. The molecule has 0 saturated carbocycles. The Bertz CT molecular complexity index is 766. The van der Waals surface area contributed by atoms with Gasteiger partial charge in [-0.25, -0.2) is 0 Å². The molecule has 0 bridgehead atoms. The molecule has 0 aliphatic rings. The van der Waals surface area contributed by atoms with Crippen molar-refractivity contribution in [2.75, 3.05) is 27.4 Å². The van der Waals surface area contributed by atoms with E-state index in [0.29, 0.717) is 42.4 Å². The number of nitriles is 1. The third-order valence-electron chi connectivity index (χ3n) is 3.71. The summed E-state index contributed by atoms with van der Waals surface area (Å²) in [7, 11) is 3.20. The SMILES string of the molecule is COCCCOc1cc(C(=O)NCc2ccc(C#N)cc2)ccc1OC. The zero-order chi connectivity index (χ0) is 18.8. The van der Waals surface area contributed by atoms with Crippen molar-refractivity contribution < 1.29 is 19.0 Å². The Balaban J connectivity index is 1.99. The number of nitrogens with zero attached hydrogens (tertiary/aromatic N) is 1. The number of hydrogen-bond acceptors (Lipinski definition) is 5. The standard InChI is InChI=1S/C20H22N2O4/c1-24-10-3-11-26-19-12-17(8-9-18(19)25-2)20(23)22-14-16-6-4-15(13-21)5-7-16/h4-9,12H,3,10-11,14H2,1-2H3,(H,22,23). The molecule has 0 spiro atoms. The predicted octanol–water partition coefficient (Wildman–Crippen LogP) is 2.91. The van der Waals surface area contributed by atoms with Gasteiger partial charge in [-0.2, -0.15) is 5.26 Å². The number of rotatable bonds is 9. The molecule has 136 valence electrons. The highest BCUT2D eigenvalue weighted by Crippen LogP contribution is 2.28. The van der Waals surface area contributed by atoms with Crippen molar-refractivity contribution in [2.45, 2.75) is 13.0 Å². The van der Waals surface area contributed by atoms with Gasteiger partial charge in [0.15, 0.2) is 11.5 Å². The van der Waals surface area contributed by atoms with E-state index in [1.165, 1.54) is 0 Å². The van der Waals surface area contributed by atoms with Crippen LogP contribution in [0.2, 0.25) is 0 Å². The number of benzene rings is 2. The van der Waals surface area contributed by atoms with E-state index >= 15 is 0 Å². The number of ether oxygens (including phenoxy) is 3. The summed E-state index contributed by atoms with van der Waals surface area (Å²) < 4.78 is 16.0. The fourth-order valence-corrected chi connectivity index (χ4v) is 2.30. The van der Waals surface area contributed by atoms with Gasteiger partial charge in [-0.15, -0.1) is 0 Å². The second-order valence-corrected chi connectivity index (χ2v) is 5.55. The van der Waals surface area contributed by atoms with Crippen LogP contribution in [-0.2, 0) is 11.3 Å². The predicted molar refractivity (Wildman–Crippen MR) is 97.3 cm³/mol. The minimum absolute atomic E-state index is 0.209. The molecule has 2 rings (SSSR count). The Labute approximate surface area is 153 Å². The zero-order valence-corrected chi connectivity index (χ0v) is 15.0. The van der Waals surface area contributed by atoms with E-state index in [1.807, 2.05) is 12.1 Å². The van der Waals surface area contributed by atoms with Crippen LogP contribution in [0, 0.1) is 11.3 Å². The Morgan fingerprint density at radius 1 is 1.08 bits per heavy atom. The molecule has 2 aromatic carbocycles. The molecule has 0 fully saturated rings. The molecule has 2 aromatic rings. The van der Waals surface area contributed by atoms with Gasteiger partial charge in [0.05, 0.1) is 25.3 Å². The van der Waals surface area contributed by atoms with Gasteiger partial charge in [0, 0.05) is 32.2 Å². The molecule has 0 aliphatic carbocycles. The second-order valence-electron chi connectivity index (χ2n) is 5.55. The van der Waals surface area contributed by atoms with Crippen LogP contribution < -0.4 is 14.8 Å². The monoisotopic (exact) mass is 354 g/mol. The summed E-state index contributed by atoms with van der Waals surface area (Å²) in [6.07, 6.45) is 0.745. The highest BCUT2D eigenvalue weighted by Gasteiger charge is 2.11. The van der Waals surface area contributed by atoms with E-state index in [0.717, 1.165) is 12.0 Å². The molecule has 0 unspecified atom stereocenters. The summed E-state index contributed by atoms with van der Waals surface area (Å²) in [6.45, 7) is 1.45. The third kappa shape index (κ3) is 5.50. The van der Waals surface area contributed by atoms with Gasteiger partial charge in [0.25, 0.3) is 5.91 Å². The van der Waals surface area contributed by atoms with Crippen molar-refractivity contribution in [1.82, 2.24) is 5.32 Å². The summed E-state index contributed by atoms with van der Waals surface area (Å²) in [5, 5.41) is 11.7. The molecular formula is C20H22N2O4. The molecule has 0 aromatic heterocycles. The van der Waals surface area contributed by atoms with Crippen molar-refractivity contribution in [1.29, 1.82) is 5.26 Å². The lowest BCUT2D eigenvalue weighted by molar-refractivity contribution is 0.0950. The van der Waals surface area contributed by atoms with Crippen LogP contribution in [0.5, 0.6) is 11.5 Å². The minimum Gasteiger partial charge on any atom is -0.493 e. The molecule has 6 heteroatoms. The molecule has 0 saturated heterocycles. The Morgan fingerprint density at radius 3 is 2.50 bits per heavy atom. The number of nitrogens with one attached hydrogen (secondary N) is 1. The third-order valence-corrected chi connectivity index (χ3v) is 3.71. The molecule has 0 heterocycles. The van der Waals surface area contributed by atoms with Crippen molar-refractivity contribution in [3.8, 4) is 17.6 Å². The number of hydrogen-bond donors (Lipinski definition) is 1. The molecule has 1 amide bonds. The summed E-state index contributed by atoms with van der Waals surface area (Å²) in [6, 6.07) is 14.2. The van der Waals surface area contributed by atoms with E-state index in [2.05, 4.69) is 11.4 Å².